The third kappa shape index (κ3) is 4.37. The standard InChI is InChI=1S/C21H25N3O4S/c1-23(29(26,27)19-8-9-19)17-7-10-20(22-15-17)28-18-11-13-24(14-12-18)21(25)16-5-3-2-4-6-16/h2-7,10,15,18-19H,8-9,11-14H2,1H3. The van der Waals surface area contributed by atoms with E-state index < -0.39 is 10.0 Å². The molecule has 2 fully saturated rings. The van der Waals surface area contributed by atoms with Gasteiger partial charge in [-0.1, -0.05) is 18.2 Å². The van der Waals surface area contributed by atoms with E-state index in [1.807, 2.05) is 35.2 Å². The fourth-order valence-electron chi connectivity index (χ4n) is 3.48. The summed E-state index contributed by atoms with van der Waals surface area (Å²) in [7, 11) is -1.72. The van der Waals surface area contributed by atoms with Crippen LogP contribution in [-0.4, -0.2) is 55.7 Å². The Morgan fingerprint density at radius 1 is 1.07 bits per heavy atom. The van der Waals surface area contributed by atoms with Gasteiger partial charge in [0.2, 0.25) is 15.9 Å². The highest BCUT2D eigenvalue weighted by atomic mass is 32.2. The van der Waals surface area contributed by atoms with Crippen LogP contribution in [0.15, 0.2) is 48.7 Å². The summed E-state index contributed by atoms with van der Waals surface area (Å²) in [6.45, 7) is 1.28. The molecule has 1 aliphatic heterocycles. The largest absolute Gasteiger partial charge is 0.474 e. The van der Waals surface area contributed by atoms with Crippen LogP contribution < -0.4 is 9.04 Å². The molecule has 2 heterocycles. The number of likely N-dealkylation sites (tertiary alicyclic amines) is 1. The van der Waals surface area contributed by atoms with Crippen LogP contribution in [0.5, 0.6) is 5.88 Å². The SMILES string of the molecule is CN(c1ccc(OC2CCN(C(=O)c3ccccc3)CC2)nc1)S(=O)(=O)C1CC1. The number of benzene rings is 1. The molecule has 0 spiro atoms. The first-order valence-electron chi connectivity index (χ1n) is 9.90. The number of anilines is 1. The molecular formula is C21H25N3O4S. The van der Waals surface area contributed by atoms with Crippen molar-refractivity contribution in [3.63, 3.8) is 0 Å². The van der Waals surface area contributed by atoms with E-state index in [1.54, 1.807) is 19.2 Å². The smallest absolute Gasteiger partial charge is 0.253 e. The number of rotatable bonds is 6. The quantitative estimate of drug-likeness (QED) is 0.725. The molecule has 154 valence electrons. The molecule has 0 radical (unpaired) electrons. The summed E-state index contributed by atoms with van der Waals surface area (Å²) in [5.41, 5.74) is 1.24. The number of hydrogen-bond donors (Lipinski definition) is 0. The van der Waals surface area contributed by atoms with Crippen molar-refractivity contribution >= 4 is 21.6 Å². The Morgan fingerprint density at radius 3 is 2.34 bits per heavy atom. The number of piperidine rings is 1. The van der Waals surface area contributed by atoms with Gasteiger partial charge in [-0.3, -0.25) is 9.10 Å². The summed E-state index contributed by atoms with van der Waals surface area (Å²) in [6, 6.07) is 12.7. The van der Waals surface area contributed by atoms with Crippen LogP contribution in [0.1, 0.15) is 36.0 Å². The summed E-state index contributed by atoms with van der Waals surface area (Å²) in [6.07, 6.45) is 4.44. The lowest BCUT2D eigenvalue weighted by molar-refractivity contribution is 0.0588. The van der Waals surface area contributed by atoms with Crippen molar-refractivity contribution in [2.75, 3.05) is 24.4 Å². The van der Waals surface area contributed by atoms with E-state index in [-0.39, 0.29) is 17.3 Å². The zero-order valence-corrected chi connectivity index (χ0v) is 17.2. The molecule has 7 nitrogen and oxygen atoms in total. The summed E-state index contributed by atoms with van der Waals surface area (Å²) in [5.74, 6) is 0.519. The van der Waals surface area contributed by atoms with Gasteiger partial charge in [0.15, 0.2) is 0 Å². The number of carbonyl (C=O) groups excluding carboxylic acids is 1. The van der Waals surface area contributed by atoms with Crippen LogP contribution in [0.3, 0.4) is 0 Å². The van der Waals surface area contributed by atoms with Crippen molar-refractivity contribution < 1.29 is 17.9 Å². The van der Waals surface area contributed by atoms with E-state index >= 15 is 0 Å². The first-order chi connectivity index (χ1) is 13.9. The first kappa shape index (κ1) is 19.7. The Kier molecular flexibility index (Phi) is 5.45. The predicted octanol–water partition coefficient (Wildman–Crippen LogP) is 2.69. The molecule has 0 atom stereocenters. The van der Waals surface area contributed by atoms with Gasteiger partial charge < -0.3 is 9.64 Å². The molecule has 1 saturated carbocycles. The van der Waals surface area contributed by atoms with Gasteiger partial charge in [0.25, 0.3) is 5.91 Å². The minimum absolute atomic E-state index is 0.0129. The van der Waals surface area contributed by atoms with E-state index in [4.69, 9.17) is 4.74 Å². The fraction of sp³-hybridized carbons (Fsp3) is 0.429. The van der Waals surface area contributed by atoms with Gasteiger partial charge in [-0.05, 0) is 31.0 Å². The number of ether oxygens (including phenoxy) is 1. The van der Waals surface area contributed by atoms with Gasteiger partial charge in [-0.2, -0.15) is 0 Å². The second-order valence-corrected chi connectivity index (χ2v) is 9.79. The van der Waals surface area contributed by atoms with Crippen LogP contribution in [0.4, 0.5) is 5.69 Å². The van der Waals surface area contributed by atoms with Crippen LogP contribution in [0.25, 0.3) is 0 Å². The van der Waals surface area contributed by atoms with Crippen LogP contribution in [0.2, 0.25) is 0 Å². The van der Waals surface area contributed by atoms with Crippen molar-refractivity contribution in [3.05, 3.63) is 54.2 Å². The molecule has 1 aromatic carbocycles. The molecule has 1 saturated heterocycles. The maximum absolute atomic E-state index is 12.5. The molecule has 1 aromatic heterocycles. The molecule has 8 heteroatoms. The van der Waals surface area contributed by atoms with Crippen molar-refractivity contribution in [2.24, 2.45) is 0 Å². The van der Waals surface area contributed by atoms with Crippen molar-refractivity contribution in [3.8, 4) is 5.88 Å². The maximum atomic E-state index is 12.5. The van der Waals surface area contributed by atoms with Crippen LogP contribution in [0, 0.1) is 0 Å². The van der Waals surface area contributed by atoms with E-state index in [0.717, 1.165) is 25.7 Å². The number of carbonyl (C=O) groups is 1. The van der Waals surface area contributed by atoms with Gasteiger partial charge in [0.1, 0.15) is 6.10 Å². The highest BCUT2D eigenvalue weighted by molar-refractivity contribution is 7.93. The zero-order valence-electron chi connectivity index (χ0n) is 16.4. The third-order valence-corrected chi connectivity index (χ3v) is 7.74. The number of amides is 1. The molecule has 0 unspecified atom stereocenters. The Bertz CT molecular complexity index is 951. The van der Waals surface area contributed by atoms with Crippen LogP contribution >= 0.6 is 0 Å². The van der Waals surface area contributed by atoms with Gasteiger partial charge in [-0.15, -0.1) is 0 Å². The molecular weight excluding hydrogens is 390 g/mol. The summed E-state index contributed by atoms with van der Waals surface area (Å²) < 4.78 is 31.9. The minimum Gasteiger partial charge on any atom is -0.474 e. The Morgan fingerprint density at radius 2 is 1.76 bits per heavy atom. The number of pyridine rings is 1. The summed E-state index contributed by atoms with van der Waals surface area (Å²) in [5, 5.41) is -0.257. The van der Waals surface area contributed by atoms with Crippen molar-refractivity contribution in [1.29, 1.82) is 0 Å². The average molecular weight is 416 g/mol. The Balaban J connectivity index is 1.31. The number of hydrogen-bond acceptors (Lipinski definition) is 5. The van der Waals surface area contributed by atoms with E-state index in [1.165, 1.54) is 10.5 Å². The lowest BCUT2D eigenvalue weighted by Crippen LogP contribution is -2.41. The van der Waals surface area contributed by atoms with E-state index in [0.29, 0.717) is 30.2 Å². The lowest BCUT2D eigenvalue weighted by atomic mass is 10.1. The lowest BCUT2D eigenvalue weighted by Gasteiger charge is -2.32. The number of aromatic nitrogens is 1. The van der Waals surface area contributed by atoms with Crippen molar-refractivity contribution in [2.45, 2.75) is 37.0 Å². The maximum Gasteiger partial charge on any atom is 0.253 e. The zero-order chi connectivity index (χ0) is 20.4. The number of nitrogens with zero attached hydrogens (tertiary/aromatic N) is 3. The molecule has 0 bridgehead atoms. The molecule has 1 amide bonds. The summed E-state index contributed by atoms with van der Waals surface area (Å²) in [4.78, 5) is 18.6. The van der Waals surface area contributed by atoms with E-state index in [9.17, 15) is 13.2 Å². The predicted molar refractivity (Wildman–Crippen MR) is 111 cm³/mol. The second kappa shape index (κ2) is 8.02. The average Bonchev–Trinajstić information content (AvgIpc) is 3.61. The second-order valence-electron chi connectivity index (χ2n) is 7.54. The van der Waals surface area contributed by atoms with Gasteiger partial charge in [0, 0.05) is 44.6 Å². The molecule has 0 N–H and O–H groups in total. The Hall–Kier alpha value is -2.61. The molecule has 2 aliphatic rings. The number of sulfonamides is 1. The third-order valence-electron chi connectivity index (χ3n) is 5.45. The summed E-state index contributed by atoms with van der Waals surface area (Å²) >= 11 is 0. The molecule has 4 rings (SSSR count). The van der Waals surface area contributed by atoms with E-state index in [2.05, 4.69) is 4.98 Å². The monoisotopic (exact) mass is 415 g/mol. The molecule has 1 aliphatic carbocycles. The highest BCUT2D eigenvalue weighted by Gasteiger charge is 2.39. The minimum atomic E-state index is -3.28. The fourth-order valence-corrected chi connectivity index (χ4v) is 5.06. The Labute approximate surface area is 171 Å². The highest BCUT2D eigenvalue weighted by Crippen LogP contribution is 2.32. The topological polar surface area (TPSA) is 79.8 Å². The van der Waals surface area contributed by atoms with Gasteiger partial charge in [-0.25, -0.2) is 13.4 Å². The molecule has 2 aromatic rings. The first-order valence-corrected chi connectivity index (χ1v) is 11.4. The van der Waals surface area contributed by atoms with Crippen molar-refractivity contribution in [1.82, 2.24) is 9.88 Å². The molecule has 29 heavy (non-hydrogen) atoms. The normalized spacial score (nSPS) is 17.8. The van der Waals surface area contributed by atoms with Crippen LogP contribution in [-0.2, 0) is 10.0 Å². The van der Waals surface area contributed by atoms with Gasteiger partial charge >= 0.3 is 0 Å². The van der Waals surface area contributed by atoms with Gasteiger partial charge in [0.05, 0.1) is 17.1 Å².